The van der Waals surface area contributed by atoms with E-state index < -0.39 is 0 Å². The van der Waals surface area contributed by atoms with Crippen molar-refractivity contribution in [3.05, 3.63) is 95.6 Å². The van der Waals surface area contributed by atoms with Crippen LogP contribution in [0.15, 0.2) is 78.9 Å². The first-order valence-corrected chi connectivity index (χ1v) is 10.9. The predicted octanol–water partition coefficient (Wildman–Crippen LogP) is 4.82. The maximum atomic E-state index is 9.80. The van der Waals surface area contributed by atoms with E-state index in [1.54, 1.807) is 12.1 Å². The van der Waals surface area contributed by atoms with Gasteiger partial charge in [0.15, 0.2) is 0 Å². The highest BCUT2D eigenvalue weighted by Crippen LogP contribution is 2.36. The normalized spacial score (nSPS) is 14.2. The van der Waals surface area contributed by atoms with Crippen molar-refractivity contribution in [3.63, 3.8) is 0 Å². The number of benzene rings is 3. The number of hydrogen-bond donors (Lipinski definition) is 2. The van der Waals surface area contributed by atoms with Crippen LogP contribution in [0.25, 0.3) is 11.1 Å². The summed E-state index contributed by atoms with van der Waals surface area (Å²) in [6.07, 6.45) is 1.44. The number of nitrogens with zero attached hydrogens (tertiary/aromatic N) is 1. The van der Waals surface area contributed by atoms with Gasteiger partial charge in [-0.15, -0.1) is 0 Å². The van der Waals surface area contributed by atoms with Crippen LogP contribution in [-0.4, -0.2) is 48.0 Å². The molecule has 160 valence electrons. The number of aliphatic hydroxyl groups is 1. The minimum Gasteiger partial charge on any atom is -0.508 e. The Morgan fingerprint density at radius 2 is 1.45 bits per heavy atom. The molecule has 0 saturated carbocycles. The van der Waals surface area contributed by atoms with Gasteiger partial charge in [0.05, 0.1) is 0 Å². The van der Waals surface area contributed by atoms with Gasteiger partial charge < -0.3 is 14.9 Å². The van der Waals surface area contributed by atoms with Crippen LogP contribution >= 0.6 is 0 Å². The topological polar surface area (TPSA) is 52.7 Å². The average Bonchev–Trinajstić information content (AvgIpc) is 3.63. The lowest BCUT2D eigenvalue weighted by Gasteiger charge is -2.18. The maximum absolute atomic E-state index is 9.80. The Balaban J connectivity index is 1.72. The Kier molecular flexibility index (Phi) is 7.03. The molecule has 4 rings (SSSR count). The molecule has 3 aromatic rings. The van der Waals surface area contributed by atoms with Gasteiger partial charge in [0.1, 0.15) is 18.1 Å². The number of phenolic OH excluding ortho intramolecular Hbond substituents is 1. The summed E-state index contributed by atoms with van der Waals surface area (Å²) in [4.78, 5) is 2.34. The van der Waals surface area contributed by atoms with Crippen molar-refractivity contribution in [2.24, 2.45) is 0 Å². The van der Waals surface area contributed by atoms with Crippen molar-refractivity contribution in [3.8, 4) is 11.5 Å². The molecule has 4 heteroatoms. The van der Waals surface area contributed by atoms with Crippen LogP contribution in [0.4, 0.5) is 0 Å². The third-order valence-electron chi connectivity index (χ3n) is 5.52. The molecule has 31 heavy (non-hydrogen) atoms. The zero-order chi connectivity index (χ0) is 21.5. The van der Waals surface area contributed by atoms with Crippen molar-refractivity contribution in [1.82, 2.24) is 4.90 Å². The van der Waals surface area contributed by atoms with Crippen LogP contribution in [0.5, 0.6) is 11.5 Å². The molecule has 2 N–H and O–H groups in total. The molecular formula is C27H29NO3. The Morgan fingerprint density at radius 3 is 2.06 bits per heavy atom. The molecule has 0 atom stereocenters. The lowest BCUT2D eigenvalue weighted by Crippen LogP contribution is -2.10. The van der Waals surface area contributed by atoms with Crippen LogP contribution in [0.2, 0.25) is 0 Å². The largest absolute Gasteiger partial charge is 0.508 e. The highest BCUT2D eigenvalue weighted by atomic mass is 16.5. The van der Waals surface area contributed by atoms with Gasteiger partial charge in [-0.05, 0) is 64.9 Å². The van der Waals surface area contributed by atoms with E-state index in [9.17, 15) is 10.2 Å². The van der Waals surface area contributed by atoms with Crippen LogP contribution in [0, 0.1) is 0 Å². The molecule has 0 unspecified atom stereocenters. The van der Waals surface area contributed by atoms with Crippen LogP contribution < -0.4 is 4.74 Å². The fourth-order valence-corrected chi connectivity index (χ4v) is 3.76. The standard InChI is InChI=1S/C27H29NO3/c29-19-4-7-26(21-5-2-1-3-6-21)27(22-8-12-24(30)13-9-22)23-10-14-25(15-11-23)31-20-18-28-16-17-28/h1-3,5-6,8-15,29-30H,4,7,16-20H2/b27-26-. The molecule has 1 fully saturated rings. The zero-order valence-corrected chi connectivity index (χ0v) is 17.7. The second kappa shape index (κ2) is 10.3. The van der Waals surface area contributed by atoms with Crippen molar-refractivity contribution < 1.29 is 14.9 Å². The van der Waals surface area contributed by atoms with Crippen LogP contribution in [-0.2, 0) is 0 Å². The summed E-state index contributed by atoms with van der Waals surface area (Å²) in [5.74, 6) is 1.11. The summed E-state index contributed by atoms with van der Waals surface area (Å²) in [5.41, 5.74) is 5.54. The molecule has 0 bridgehead atoms. The fraction of sp³-hybridized carbons (Fsp3) is 0.259. The number of ether oxygens (including phenoxy) is 1. The summed E-state index contributed by atoms with van der Waals surface area (Å²) < 4.78 is 5.90. The fourth-order valence-electron chi connectivity index (χ4n) is 3.76. The summed E-state index contributed by atoms with van der Waals surface area (Å²) in [7, 11) is 0. The highest BCUT2D eigenvalue weighted by Gasteiger charge is 2.17. The Labute approximate surface area is 184 Å². The molecular weight excluding hydrogens is 386 g/mol. The Morgan fingerprint density at radius 1 is 0.806 bits per heavy atom. The van der Waals surface area contributed by atoms with Crippen molar-refractivity contribution in [1.29, 1.82) is 0 Å². The smallest absolute Gasteiger partial charge is 0.119 e. The zero-order valence-electron chi connectivity index (χ0n) is 17.7. The van der Waals surface area contributed by atoms with Crippen molar-refractivity contribution in [2.75, 3.05) is 32.8 Å². The van der Waals surface area contributed by atoms with Gasteiger partial charge in [0.25, 0.3) is 0 Å². The van der Waals surface area contributed by atoms with E-state index in [2.05, 4.69) is 29.2 Å². The first-order valence-electron chi connectivity index (χ1n) is 10.9. The van der Waals surface area contributed by atoms with Crippen LogP contribution in [0.1, 0.15) is 29.5 Å². The molecule has 1 aliphatic rings. The Hall–Kier alpha value is -3.08. The first-order chi connectivity index (χ1) is 15.2. The van der Waals surface area contributed by atoms with Crippen molar-refractivity contribution in [2.45, 2.75) is 12.8 Å². The van der Waals surface area contributed by atoms with Gasteiger partial charge in [0.2, 0.25) is 0 Å². The van der Waals surface area contributed by atoms with Crippen LogP contribution in [0.3, 0.4) is 0 Å². The van der Waals surface area contributed by atoms with Gasteiger partial charge in [-0.1, -0.05) is 54.6 Å². The minimum atomic E-state index is 0.142. The number of phenols is 1. The lowest BCUT2D eigenvalue weighted by molar-refractivity contribution is 0.290. The summed E-state index contributed by atoms with van der Waals surface area (Å²) in [6.45, 7) is 4.17. The minimum absolute atomic E-state index is 0.142. The van der Waals surface area contributed by atoms with Crippen molar-refractivity contribution >= 4 is 11.1 Å². The third-order valence-corrected chi connectivity index (χ3v) is 5.52. The number of aliphatic hydroxyl groups excluding tert-OH is 1. The van der Waals surface area contributed by atoms with E-state index >= 15 is 0 Å². The van der Waals surface area contributed by atoms with E-state index in [1.165, 1.54) is 18.7 Å². The first kappa shape index (κ1) is 21.2. The summed E-state index contributed by atoms with van der Waals surface area (Å²) in [5, 5.41) is 19.3. The highest BCUT2D eigenvalue weighted by molar-refractivity contribution is 5.98. The predicted molar refractivity (Wildman–Crippen MR) is 125 cm³/mol. The SMILES string of the molecule is OCCC/C(=C(\c1ccc(O)cc1)c1ccc(OCCN2CC2)cc1)c1ccccc1. The van der Waals surface area contributed by atoms with E-state index in [0.29, 0.717) is 13.0 Å². The van der Waals surface area contributed by atoms with E-state index in [1.807, 2.05) is 42.5 Å². The van der Waals surface area contributed by atoms with Gasteiger partial charge in [-0.2, -0.15) is 0 Å². The summed E-state index contributed by atoms with van der Waals surface area (Å²) in [6, 6.07) is 25.9. The molecule has 0 spiro atoms. The maximum Gasteiger partial charge on any atom is 0.119 e. The number of hydrogen-bond acceptors (Lipinski definition) is 4. The quantitative estimate of drug-likeness (QED) is 0.368. The molecule has 1 heterocycles. The van der Waals surface area contributed by atoms with Gasteiger partial charge in [0, 0.05) is 26.2 Å². The lowest BCUT2D eigenvalue weighted by atomic mass is 9.87. The molecule has 3 aromatic carbocycles. The Bertz CT molecular complexity index is 991. The molecule has 0 aliphatic carbocycles. The average molecular weight is 416 g/mol. The molecule has 4 nitrogen and oxygen atoms in total. The number of aromatic hydroxyl groups is 1. The number of rotatable bonds is 10. The third kappa shape index (κ3) is 5.75. The monoisotopic (exact) mass is 415 g/mol. The van der Waals surface area contributed by atoms with Gasteiger partial charge >= 0.3 is 0 Å². The molecule has 0 aromatic heterocycles. The summed E-state index contributed by atoms with van der Waals surface area (Å²) >= 11 is 0. The van der Waals surface area contributed by atoms with Gasteiger partial charge in [-0.25, -0.2) is 0 Å². The molecule has 1 saturated heterocycles. The number of allylic oxidation sites excluding steroid dienone is 1. The van der Waals surface area contributed by atoms with E-state index in [4.69, 9.17) is 4.74 Å². The molecule has 0 radical (unpaired) electrons. The molecule has 1 aliphatic heterocycles. The van der Waals surface area contributed by atoms with Gasteiger partial charge in [-0.3, -0.25) is 4.90 Å². The second-order valence-corrected chi connectivity index (χ2v) is 7.81. The second-order valence-electron chi connectivity index (χ2n) is 7.81. The van der Waals surface area contributed by atoms with E-state index in [0.717, 1.165) is 41.0 Å². The molecule has 0 amide bonds. The van der Waals surface area contributed by atoms with E-state index in [-0.39, 0.29) is 12.4 Å².